The summed E-state index contributed by atoms with van der Waals surface area (Å²) < 4.78 is 15.8. The Kier molecular flexibility index (Phi) is 7.49. The zero-order chi connectivity index (χ0) is 19.6. The van der Waals surface area contributed by atoms with Crippen LogP contribution in [0.15, 0.2) is 42.5 Å². The summed E-state index contributed by atoms with van der Waals surface area (Å²) in [7, 11) is 2.99. The van der Waals surface area contributed by atoms with Gasteiger partial charge < -0.3 is 14.2 Å². The van der Waals surface area contributed by atoms with Crippen LogP contribution in [0.4, 0.5) is 0 Å². The maximum absolute atomic E-state index is 12.2. The highest BCUT2D eigenvalue weighted by molar-refractivity contribution is 5.96. The molecule has 0 bridgehead atoms. The van der Waals surface area contributed by atoms with E-state index >= 15 is 0 Å². The maximum atomic E-state index is 12.2. The van der Waals surface area contributed by atoms with Gasteiger partial charge in [0.05, 0.1) is 20.8 Å². The molecular formula is C20H24N2O5. The van der Waals surface area contributed by atoms with E-state index in [1.54, 1.807) is 18.2 Å². The van der Waals surface area contributed by atoms with Crippen LogP contribution in [-0.2, 0) is 4.79 Å². The Morgan fingerprint density at radius 2 is 1.63 bits per heavy atom. The standard InChI is InChI=1S/C20H24N2O5/c1-14-6-4-7-16(10-14)27-9-5-8-19(23)21-22-20(24)15-11-17(25-2)13-18(12-15)26-3/h4,6-7,10-13H,5,8-9H2,1-3H3,(H,21,23)(H,22,24). The molecular weight excluding hydrogens is 348 g/mol. The third kappa shape index (κ3) is 6.54. The van der Waals surface area contributed by atoms with Crippen molar-refractivity contribution in [2.75, 3.05) is 20.8 Å². The molecule has 0 fully saturated rings. The Morgan fingerprint density at radius 3 is 2.26 bits per heavy atom. The van der Waals surface area contributed by atoms with Crippen LogP contribution in [-0.4, -0.2) is 32.6 Å². The van der Waals surface area contributed by atoms with Gasteiger partial charge in [-0.3, -0.25) is 20.4 Å². The minimum Gasteiger partial charge on any atom is -0.497 e. The predicted molar refractivity (Wildman–Crippen MR) is 101 cm³/mol. The van der Waals surface area contributed by atoms with Gasteiger partial charge >= 0.3 is 0 Å². The number of ether oxygens (including phenoxy) is 3. The number of hydrogen-bond acceptors (Lipinski definition) is 5. The van der Waals surface area contributed by atoms with Crippen molar-refractivity contribution in [1.82, 2.24) is 10.9 Å². The summed E-state index contributed by atoms with van der Waals surface area (Å²) in [5, 5.41) is 0. The van der Waals surface area contributed by atoms with Crippen molar-refractivity contribution < 1.29 is 23.8 Å². The first-order valence-corrected chi connectivity index (χ1v) is 8.53. The van der Waals surface area contributed by atoms with E-state index in [0.29, 0.717) is 30.1 Å². The van der Waals surface area contributed by atoms with Crippen molar-refractivity contribution in [3.8, 4) is 17.2 Å². The van der Waals surface area contributed by atoms with E-state index < -0.39 is 5.91 Å². The van der Waals surface area contributed by atoms with E-state index in [1.165, 1.54) is 14.2 Å². The first kappa shape index (κ1) is 20.1. The highest BCUT2D eigenvalue weighted by atomic mass is 16.5. The molecule has 0 aliphatic heterocycles. The number of amides is 2. The van der Waals surface area contributed by atoms with Crippen molar-refractivity contribution in [1.29, 1.82) is 0 Å². The lowest BCUT2D eigenvalue weighted by atomic mass is 10.2. The quantitative estimate of drug-likeness (QED) is 0.550. The molecule has 2 aromatic carbocycles. The SMILES string of the molecule is COc1cc(OC)cc(C(=O)NNC(=O)CCCOc2cccc(C)c2)c1. The predicted octanol–water partition coefficient (Wildman–Crippen LogP) is 2.63. The van der Waals surface area contributed by atoms with Crippen molar-refractivity contribution in [3.05, 3.63) is 53.6 Å². The van der Waals surface area contributed by atoms with Crippen LogP contribution < -0.4 is 25.1 Å². The third-order valence-corrected chi connectivity index (χ3v) is 3.74. The molecule has 0 aliphatic carbocycles. The Morgan fingerprint density at radius 1 is 0.926 bits per heavy atom. The van der Waals surface area contributed by atoms with E-state index in [0.717, 1.165) is 11.3 Å². The van der Waals surface area contributed by atoms with Gasteiger partial charge in [-0.15, -0.1) is 0 Å². The van der Waals surface area contributed by atoms with Crippen LogP contribution >= 0.6 is 0 Å². The fourth-order valence-electron chi connectivity index (χ4n) is 2.33. The number of nitrogens with one attached hydrogen (secondary N) is 2. The molecule has 2 rings (SSSR count). The molecule has 0 atom stereocenters. The van der Waals surface area contributed by atoms with E-state index in [-0.39, 0.29) is 12.3 Å². The van der Waals surface area contributed by atoms with E-state index in [1.807, 2.05) is 31.2 Å². The molecule has 0 spiro atoms. The van der Waals surface area contributed by atoms with Gasteiger partial charge in [0.2, 0.25) is 5.91 Å². The number of methoxy groups -OCH3 is 2. The smallest absolute Gasteiger partial charge is 0.269 e. The molecule has 27 heavy (non-hydrogen) atoms. The van der Waals surface area contributed by atoms with Gasteiger partial charge in [0, 0.05) is 18.1 Å². The van der Waals surface area contributed by atoms with Crippen LogP contribution in [0.3, 0.4) is 0 Å². The number of carbonyl (C=O) groups is 2. The minimum atomic E-state index is -0.462. The maximum Gasteiger partial charge on any atom is 0.269 e. The van der Waals surface area contributed by atoms with Crippen molar-refractivity contribution >= 4 is 11.8 Å². The fraction of sp³-hybridized carbons (Fsp3) is 0.300. The van der Waals surface area contributed by atoms with E-state index in [9.17, 15) is 9.59 Å². The number of carbonyl (C=O) groups excluding carboxylic acids is 2. The summed E-state index contributed by atoms with van der Waals surface area (Å²) in [4.78, 5) is 24.0. The molecule has 0 aliphatic rings. The molecule has 0 saturated carbocycles. The van der Waals surface area contributed by atoms with Gasteiger partial charge in [-0.25, -0.2) is 0 Å². The second-order valence-electron chi connectivity index (χ2n) is 5.87. The van der Waals surface area contributed by atoms with Crippen LogP contribution in [0.25, 0.3) is 0 Å². The average molecular weight is 372 g/mol. The molecule has 0 radical (unpaired) electrons. The Hall–Kier alpha value is -3.22. The largest absolute Gasteiger partial charge is 0.497 e. The molecule has 7 heteroatoms. The molecule has 144 valence electrons. The zero-order valence-electron chi connectivity index (χ0n) is 15.7. The molecule has 2 aromatic rings. The molecule has 0 heterocycles. The van der Waals surface area contributed by atoms with Crippen molar-refractivity contribution in [3.63, 3.8) is 0 Å². The monoisotopic (exact) mass is 372 g/mol. The van der Waals surface area contributed by atoms with E-state index in [2.05, 4.69) is 10.9 Å². The number of rotatable bonds is 8. The van der Waals surface area contributed by atoms with Crippen LogP contribution in [0.2, 0.25) is 0 Å². The number of aryl methyl sites for hydroxylation is 1. The highest BCUT2D eigenvalue weighted by Gasteiger charge is 2.11. The number of hydrazine groups is 1. The number of benzene rings is 2. The molecule has 2 N–H and O–H groups in total. The third-order valence-electron chi connectivity index (χ3n) is 3.74. The van der Waals surface area contributed by atoms with Gasteiger partial charge in [0.15, 0.2) is 0 Å². The van der Waals surface area contributed by atoms with Crippen LogP contribution in [0.5, 0.6) is 17.2 Å². The Balaban J connectivity index is 1.74. The van der Waals surface area contributed by atoms with Crippen molar-refractivity contribution in [2.45, 2.75) is 19.8 Å². The summed E-state index contributed by atoms with van der Waals surface area (Å²) >= 11 is 0. The minimum absolute atomic E-state index is 0.230. The lowest BCUT2D eigenvalue weighted by Gasteiger charge is -2.10. The highest BCUT2D eigenvalue weighted by Crippen LogP contribution is 2.22. The summed E-state index contributed by atoms with van der Waals surface area (Å²) in [6.07, 6.45) is 0.760. The number of hydrogen-bond donors (Lipinski definition) is 2. The summed E-state index contributed by atoms with van der Waals surface area (Å²) in [5.74, 6) is 0.983. The topological polar surface area (TPSA) is 85.9 Å². The molecule has 7 nitrogen and oxygen atoms in total. The lowest BCUT2D eigenvalue weighted by Crippen LogP contribution is -2.41. The van der Waals surface area contributed by atoms with Gasteiger partial charge in [-0.1, -0.05) is 12.1 Å². The molecule has 0 aromatic heterocycles. The van der Waals surface area contributed by atoms with Gasteiger partial charge in [-0.2, -0.15) is 0 Å². The zero-order valence-corrected chi connectivity index (χ0v) is 15.7. The normalized spacial score (nSPS) is 10.0. The van der Waals surface area contributed by atoms with Gasteiger partial charge in [0.1, 0.15) is 17.2 Å². The van der Waals surface area contributed by atoms with E-state index in [4.69, 9.17) is 14.2 Å². The lowest BCUT2D eigenvalue weighted by molar-refractivity contribution is -0.122. The summed E-state index contributed by atoms with van der Waals surface area (Å²) in [6.45, 7) is 2.40. The van der Waals surface area contributed by atoms with Gasteiger partial charge in [-0.05, 0) is 43.2 Å². The molecule has 0 saturated heterocycles. The van der Waals surface area contributed by atoms with Crippen LogP contribution in [0, 0.1) is 6.92 Å². The van der Waals surface area contributed by atoms with Gasteiger partial charge in [0.25, 0.3) is 5.91 Å². The van der Waals surface area contributed by atoms with Crippen molar-refractivity contribution in [2.24, 2.45) is 0 Å². The first-order chi connectivity index (χ1) is 13.0. The summed E-state index contributed by atoms with van der Waals surface area (Å²) in [5.41, 5.74) is 6.19. The Labute approximate surface area is 158 Å². The fourth-order valence-corrected chi connectivity index (χ4v) is 2.33. The Bertz CT molecular complexity index is 769. The molecule has 0 unspecified atom stereocenters. The summed E-state index contributed by atoms with van der Waals surface area (Å²) in [6, 6.07) is 12.5. The average Bonchev–Trinajstić information content (AvgIpc) is 2.69. The first-order valence-electron chi connectivity index (χ1n) is 8.53. The molecule has 2 amide bonds. The second kappa shape index (κ2) is 10.1. The second-order valence-corrected chi connectivity index (χ2v) is 5.87. The van der Waals surface area contributed by atoms with Crippen LogP contribution in [0.1, 0.15) is 28.8 Å².